The van der Waals surface area contributed by atoms with Crippen molar-refractivity contribution < 1.29 is 0 Å². The number of hydrogen-bond donors (Lipinski definition) is 0. The lowest BCUT2D eigenvalue weighted by Crippen LogP contribution is -2.16. The van der Waals surface area contributed by atoms with Crippen LogP contribution in [-0.4, -0.2) is 17.0 Å². The van der Waals surface area contributed by atoms with Gasteiger partial charge in [-0.2, -0.15) is 0 Å². The molecule has 0 fully saturated rings. The van der Waals surface area contributed by atoms with E-state index in [1.165, 1.54) is 5.56 Å². The average Bonchev–Trinajstić information content (AvgIpc) is 2.30. The number of aromatic nitrogens is 2. The van der Waals surface area contributed by atoms with Crippen LogP contribution in [0.15, 0.2) is 47.5 Å². The Morgan fingerprint density at radius 3 is 2.81 bits per heavy atom. The minimum Gasteiger partial charge on any atom is -0.369 e. The topological polar surface area (TPSA) is 29.0 Å². The van der Waals surface area contributed by atoms with Crippen LogP contribution in [0.25, 0.3) is 0 Å². The van der Waals surface area contributed by atoms with Gasteiger partial charge in [0.2, 0.25) is 0 Å². The smallest absolute Gasteiger partial charge is 0.0564 e. The van der Waals surface area contributed by atoms with Crippen LogP contribution in [0.3, 0.4) is 0 Å². The molecule has 2 heterocycles. The van der Waals surface area contributed by atoms with E-state index in [1.54, 1.807) is 12.4 Å². The van der Waals surface area contributed by atoms with Gasteiger partial charge in [0.25, 0.3) is 0 Å². The molecule has 4 heteroatoms. The first-order valence-electron chi connectivity index (χ1n) is 4.96. The van der Waals surface area contributed by atoms with Gasteiger partial charge in [-0.25, -0.2) is 0 Å². The number of nitrogens with zero attached hydrogens (tertiary/aromatic N) is 3. The highest BCUT2D eigenvalue weighted by Gasteiger charge is 2.02. The van der Waals surface area contributed by atoms with Crippen LogP contribution in [0.5, 0.6) is 0 Å². The van der Waals surface area contributed by atoms with E-state index >= 15 is 0 Å². The van der Waals surface area contributed by atoms with Crippen LogP contribution < -0.4 is 4.90 Å². The maximum atomic E-state index is 4.14. The van der Waals surface area contributed by atoms with E-state index in [1.807, 2.05) is 31.6 Å². The highest BCUT2D eigenvalue weighted by molar-refractivity contribution is 9.10. The zero-order chi connectivity index (χ0) is 11.4. The molecule has 2 aromatic heterocycles. The Morgan fingerprint density at radius 2 is 2.12 bits per heavy atom. The Balaban J connectivity index is 2.12. The highest BCUT2D eigenvalue weighted by Crippen LogP contribution is 2.18. The predicted molar refractivity (Wildman–Crippen MR) is 68.3 cm³/mol. The van der Waals surface area contributed by atoms with Crippen molar-refractivity contribution in [1.29, 1.82) is 0 Å². The van der Waals surface area contributed by atoms with E-state index < -0.39 is 0 Å². The Hall–Kier alpha value is -1.42. The SMILES string of the molecule is CN(Cc1cccnc1)c1cncc(Br)c1. The van der Waals surface area contributed by atoms with E-state index in [4.69, 9.17) is 0 Å². The molecule has 3 nitrogen and oxygen atoms in total. The Bertz CT molecular complexity index is 459. The number of halogens is 1. The first-order valence-corrected chi connectivity index (χ1v) is 5.75. The largest absolute Gasteiger partial charge is 0.369 e. The van der Waals surface area contributed by atoms with Crippen LogP contribution in [-0.2, 0) is 6.54 Å². The van der Waals surface area contributed by atoms with E-state index in [-0.39, 0.29) is 0 Å². The molecule has 2 aromatic rings. The molecule has 0 amide bonds. The molecule has 0 aromatic carbocycles. The lowest BCUT2D eigenvalue weighted by molar-refractivity contribution is 0.910. The lowest BCUT2D eigenvalue weighted by Gasteiger charge is -2.18. The minimum atomic E-state index is 0.825. The van der Waals surface area contributed by atoms with Crippen molar-refractivity contribution in [3.05, 3.63) is 53.0 Å². The maximum Gasteiger partial charge on any atom is 0.0564 e. The summed E-state index contributed by atoms with van der Waals surface area (Å²) >= 11 is 3.41. The molecule has 0 spiro atoms. The third kappa shape index (κ3) is 2.79. The van der Waals surface area contributed by atoms with Gasteiger partial charge in [0.05, 0.1) is 11.9 Å². The quantitative estimate of drug-likeness (QED) is 0.864. The fourth-order valence-corrected chi connectivity index (χ4v) is 1.82. The highest BCUT2D eigenvalue weighted by atomic mass is 79.9. The Labute approximate surface area is 103 Å². The summed E-state index contributed by atoms with van der Waals surface area (Å²) < 4.78 is 0.989. The van der Waals surface area contributed by atoms with Crippen molar-refractivity contribution in [1.82, 2.24) is 9.97 Å². The second kappa shape index (κ2) is 5.07. The molecule has 82 valence electrons. The number of rotatable bonds is 3. The van der Waals surface area contributed by atoms with Crippen LogP contribution in [0.1, 0.15) is 5.56 Å². The van der Waals surface area contributed by atoms with Gasteiger partial charge in [0, 0.05) is 36.7 Å². The first-order chi connectivity index (χ1) is 7.75. The van der Waals surface area contributed by atoms with Gasteiger partial charge in [-0.15, -0.1) is 0 Å². The number of anilines is 1. The van der Waals surface area contributed by atoms with Crippen molar-refractivity contribution in [2.24, 2.45) is 0 Å². The molecule has 16 heavy (non-hydrogen) atoms. The molecular weight excluding hydrogens is 266 g/mol. The van der Waals surface area contributed by atoms with Crippen molar-refractivity contribution >= 4 is 21.6 Å². The zero-order valence-electron chi connectivity index (χ0n) is 8.97. The van der Waals surface area contributed by atoms with E-state index in [2.05, 4.69) is 36.9 Å². The molecule has 0 N–H and O–H groups in total. The van der Waals surface area contributed by atoms with Crippen LogP contribution in [0.2, 0.25) is 0 Å². The molecule has 2 rings (SSSR count). The summed E-state index contributed by atoms with van der Waals surface area (Å²) in [6, 6.07) is 6.06. The summed E-state index contributed by atoms with van der Waals surface area (Å²) in [5.74, 6) is 0. The molecule has 0 radical (unpaired) electrons. The third-order valence-electron chi connectivity index (χ3n) is 2.27. The van der Waals surface area contributed by atoms with Crippen LogP contribution in [0, 0.1) is 0 Å². The Morgan fingerprint density at radius 1 is 1.25 bits per heavy atom. The molecule has 0 aliphatic carbocycles. The lowest BCUT2D eigenvalue weighted by atomic mass is 10.2. The fraction of sp³-hybridized carbons (Fsp3) is 0.167. The van der Waals surface area contributed by atoms with Gasteiger partial charge in [-0.3, -0.25) is 9.97 Å². The Kier molecular flexibility index (Phi) is 3.51. The average molecular weight is 278 g/mol. The van der Waals surface area contributed by atoms with Gasteiger partial charge >= 0.3 is 0 Å². The summed E-state index contributed by atoms with van der Waals surface area (Å²) in [5.41, 5.74) is 2.27. The summed E-state index contributed by atoms with van der Waals surface area (Å²) in [6.07, 6.45) is 7.29. The first kappa shape index (κ1) is 11.1. The molecule has 0 atom stereocenters. The minimum absolute atomic E-state index is 0.825. The molecular formula is C12H12BrN3. The van der Waals surface area contributed by atoms with E-state index in [9.17, 15) is 0 Å². The zero-order valence-corrected chi connectivity index (χ0v) is 10.6. The molecule has 0 unspecified atom stereocenters. The molecule has 0 aliphatic rings. The molecule has 0 saturated carbocycles. The van der Waals surface area contributed by atoms with E-state index in [0.29, 0.717) is 0 Å². The van der Waals surface area contributed by atoms with Gasteiger partial charge in [0.15, 0.2) is 0 Å². The van der Waals surface area contributed by atoms with Gasteiger partial charge < -0.3 is 4.90 Å². The predicted octanol–water partition coefficient (Wildman–Crippen LogP) is 2.88. The second-order valence-corrected chi connectivity index (χ2v) is 4.49. The maximum absolute atomic E-state index is 4.14. The van der Waals surface area contributed by atoms with Crippen molar-refractivity contribution in [3.8, 4) is 0 Å². The number of pyridine rings is 2. The van der Waals surface area contributed by atoms with Crippen LogP contribution >= 0.6 is 15.9 Å². The molecule has 0 saturated heterocycles. The summed E-state index contributed by atoms with van der Waals surface area (Å²) in [7, 11) is 2.04. The van der Waals surface area contributed by atoms with Crippen molar-refractivity contribution in [2.45, 2.75) is 6.54 Å². The summed E-state index contributed by atoms with van der Waals surface area (Å²) in [4.78, 5) is 10.4. The van der Waals surface area contributed by atoms with Gasteiger partial charge in [-0.05, 0) is 33.6 Å². The monoisotopic (exact) mass is 277 g/mol. The van der Waals surface area contributed by atoms with Crippen molar-refractivity contribution in [3.63, 3.8) is 0 Å². The normalized spacial score (nSPS) is 10.1. The second-order valence-electron chi connectivity index (χ2n) is 3.58. The molecule has 0 aliphatic heterocycles. The summed E-state index contributed by atoms with van der Waals surface area (Å²) in [5, 5.41) is 0. The summed E-state index contributed by atoms with van der Waals surface area (Å²) in [6.45, 7) is 0.825. The molecule has 0 bridgehead atoms. The standard InChI is InChI=1S/C12H12BrN3/c1-16(9-10-3-2-4-14-6-10)12-5-11(13)7-15-8-12/h2-8H,9H2,1H3. The third-order valence-corrected chi connectivity index (χ3v) is 2.71. The van der Waals surface area contributed by atoms with Crippen LogP contribution in [0.4, 0.5) is 5.69 Å². The van der Waals surface area contributed by atoms with Gasteiger partial charge in [0.1, 0.15) is 0 Å². The fourth-order valence-electron chi connectivity index (χ4n) is 1.47. The van der Waals surface area contributed by atoms with Gasteiger partial charge in [-0.1, -0.05) is 6.07 Å². The van der Waals surface area contributed by atoms with Crippen molar-refractivity contribution in [2.75, 3.05) is 11.9 Å². The van der Waals surface area contributed by atoms with E-state index in [0.717, 1.165) is 16.7 Å². The number of hydrogen-bond acceptors (Lipinski definition) is 3.